The number of ether oxygens (including phenoxy) is 1. The van der Waals surface area contributed by atoms with Gasteiger partial charge in [-0.3, -0.25) is 20.4 Å². The van der Waals surface area contributed by atoms with E-state index in [2.05, 4.69) is 31.8 Å². The van der Waals surface area contributed by atoms with Crippen molar-refractivity contribution >= 4 is 27.7 Å². The molecule has 0 unspecified atom stereocenters. The predicted octanol–water partition coefficient (Wildman–Crippen LogP) is 1.11. The molecule has 0 aliphatic carbocycles. The lowest BCUT2D eigenvalue weighted by Gasteiger charge is -2.10. The maximum Gasteiger partial charge on any atom is 0.286 e. The van der Waals surface area contributed by atoms with Crippen LogP contribution < -0.4 is 10.9 Å². The van der Waals surface area contributed by atoms with Gasteiger partial charge >= 0.3 is 0 Å². The molecule has 1 aliphatic rings. The Kier molecular flexibility index (Phi) is 4.38. The molecule has 98 valence electrons. The molecule has 3 N–H and O–H groups in total. The van der Waals surface area contributed by atoms with Crippen molar-refractivity contribution in [2.24, 2.45) is 0 Å². The van der Waals surface area contributed by atoms with E-state index in [-0.39, 0.29) is 24.3 Å². The average Bonchev–Trinajstić information content (AvgIpc) is 2.97. The minimum absolute atomic E-state index is 0.0264. The van der Waals surface area contributed by atoms with E-state index in [9.17, 15) is 9.59 Å². The monoisotopic (exact) mass is 315 g/mol. The molecule has 6 nitrogen and oxygen atoms in total. The molecule has 1 saturated heterocycles. The minimum Gasteiger partial charge on any atom is -0.378 e. The number of amides is 2. The van der Waals surface area contributed by atoms with Gasteiger partial charge in [-0.25, -0.2) is 0 Å². The molecule has 2 heterocycles. The third kappa shape index (κ3) is 3.58. The number of H-pyrrole nitrogens is 1. The molecule has 1 atom stereocenters. The highest BCUT2D eigenvalue weighted by Gasteiger charge is 2.19. The van der Waals surface area contributed by atoms with Crippen molar-refractivity contribution in [2.45, 2.75) is 25.4 Å². The van der Waals surface area contributed by atoms with Crippen LogP contribution in [0.4, 0.5) is 0 Å². The van der Waals surface area contributed by atoms with Gasteiger partial charge in [-0.05, 0) is 34.8 Å². The number of carbonyl (C=O) groups excluding carboxylic acids is 2. The van der Waals surface area contributed by atoms with Gasteiger partial charge in [0.15, 0.2) is 0 Å². The number of hydrazine groups is 1. The second-order valence-corrected chi connectivity index (χ2v) is 4.99. The van der Waals surface area contributed by atoms with E-state index in [1.807, 2.05) is 0 Å². The van der Waals surface area contributed by atoms with Gasteiger partial charge in [0.1, 0.15) is 5.69 Å². The maximum atomic E-state index is 11.6. The first kappa shape index (κ1) is 13.1. The van der Waals surface area contributed by atoms with Crippen molar-refractivity contribution in [2.75, 3.05) is 6.61 Å². The van der Waals surface area contributed by atoms with E-state index in [0.717, 1.165) is 17.3 Å². The molecule has 0 spiro atoms. The van der Waals surface area contributed by atoms with Gasteiger partial charge < -0.3 is 9.72 Å². The van der Waals surface area contributed by atoms with Crippen LogP contribution in [0, 0.1) is 0 Å². The fourth-order valence-corrected chi connectivity index (χ4v) is 2.10. The maximum absolute atomic E-state index is 11.6. The highest BCUT2D eigenvalue weighted by Crippen LogP contribution is 2.14. The summed E-state index contributed by atoms with van der Waals surface area (Å²) in [7, 11) is 0. The van der Waals surface area contributed by atoms with Gasteiger partial charge in [0.25, 0.3) is 5.91 Å². The van der Waals surface area contributed by atoms with Crippen LogP contribution in [0.15, 0.2) is 16.7 Å². The highest BCUT2D eigenvalue weighted by molar-refractivity contribution is 9.10. The first-order valence-electron chi connectivity index (χ1n) is 5.70. The lowest BCUT2D eigenvalue weighted by Crippen LogP contribution is -2.42. The summed E-state index contributed by atoms with van der Waals surface area (Å²) in [5.41, 5.74) is 5.08. The highest BCUT2D eigenvalue weighted by atomic mass is 79.9. The Balaban J connectivity index is 1.73. The van der Waals surface area contributed by atoms with Crippen LogP contribution in [0.1, 0.15) is 29.8 Å². The van der Waals surface area contributed by atoms with Crippen molar-refractivity contribution in [3.05, 3.63) is 22.4 Å². The second-order valence-electron chi connectivity index (χ2n) is 4.07. The van der Waals surface area contributed by atoms with Gasteiger partial charge in [-0.15, -0.1) is 0 Å². The molecule has 1 aromatic heterocycles. The van der Waals surface area contributed by atoms with Crippen molar-refractivity contribution in [1.29, 1.82) is 0 Å². The Morgan fingerprint density at radius 1 is 1.50 bits per heavy atom. The minimum atomic E-state index is -0.388. The number of hydrogen-bond donors (Lipinski definition) is 3. The predicted molar refractivity (Wildman–Crippen MR) is 67.7 cm³/mol. The standard InChI is InChI=1S/C11H14BrN3O3/c12-7-4-9(13-6-7)11(17)15-14-10(16)5-8-2-1-3-18-8/h4,6,8,13H,1-3,5H2,(H,14,16)(H,15,17)/t8-/m0/s1. The first-order chi connectivity index (χ1) is 8.65. The van der Waals surface area contributed by atoms with Crippen LogP contribution in [0.2, 0.25) is 0 Å². The molecule has 7 heteroatoms. The quantitative estimate of drug-likeness (QED) is 0.731. The normalized spacial score (nSPS) is 18.6. The Morgan fingerprint density at radius 2 is 2.33 bits per heavy atom. The number of halogens is 1. The molecule has 1 aliphatic heterocycles. The van der Waals surface area contributed by atoms with E-state index < -0.39 is 0 Å². The summed E-state index contributed by atoms with van der Waals surface area (Å²) in [6.45, 7) is 0.709. The summed E-state index contributed by atoms with van der Waals surface area (Å²) < 4.78 is 6.11. The van der Waals surface area contributed by atoms with Crippen LogP contribution in [-0.4, -0.2) is 29.5 Å². The second kappa shape index (κ2) is 6.01. The van der Waals surface area contributed by atoms with E-state index in [1.54, 1.807) is 12.3 Å². The van der Waals surface area contributed by atoms with Gasteiger partial charge in [0.05, 0.1) is 12.5 Å². The van der Waals surface area contributed by atoms with Crippen LogP contribution in [0.5, 0.6) is 0 Å². The topological polar surface area (TPSA) is 83.2 Å². The summed E-state index contributed by atoms with van der Waals surface area (Å²) in [6, 6.07) is 1.63. The molecule has 2 rings (SSSR count). The average molecular weight is 316 g/mol. The number of nitrogens with one attached hydrogen (secondary N) is 3. The molecule has 0 aromatic carbocycles. The van der Waals surface area contributed by atoms with Crippen LogP contribution in [-0.2, 0) is 9.53 Å². The lowest BCUT2D eigenvalue weighted by molar-refractivity contribution is -0.124. The molecule has 2 amide bonds. The molecular weight excluding hydrogens is 302 g/mol. The van der Waals surface area contributed by atoms with Gasteiger partial charge in [-0.2, -0.15) is 0 Å². The van der Waals surface area contributed by atoms with Crippen molar-refractivity contribution in [3.8, 4) is 0 Å². The third-order valence-electron chi connectivity index (χ3n) is 2.64. The molecule has 0 radical (unpaired) electrons. The Bertz CT molecular complexity index is 440. The van der Waals surface area contributed by atoms with Gasteiger partial charge in [0.2, 0.25) is 5.91 Å². The van der Waals surface area contributed by atoms with Crippen LogP contribution in [0.25, 0.3) is 0 Å². The lowest BCUT2D eigenvalue weighted by atomic mass is 10.2. The zero-order valence-electron chi connectivity index (χ0n) is 9.66. The Morgan fingerprint density at radius 3 is 2.94 bits per heavy atom. The molecule has 18 heavy (non-hydrogen) atoms. The SMILES string of the molecule is O=C(C[C@@H]1CCCO1)NNC(=O)c1cc(Br)c[nH]1. The first-order valence-corrected chi connectivity index (χ1v) is 6.49. The summed E-state index contributed by atoms with van der Waals surface area (Å²) in [6.07, 6.45) is 3.77. The third-order valence-corrected chi connectivity index (χ3v) is 3.10. The number of rotatable bonds is 3. The molecule has 1 aromatic rings. The van der Waals surface area contributed by atoms with E-state index >= 15 is 0 Å². The fourth-order valence-electron chi connectivity index (χ4n) is 1.76. The zero-order chi connectivity index (χ0) is 13.0. The van der Waals surface area contributed by atoms with Gasteiger partial charge in [0, 0.05) is 17.3 Å². The number of hydrogen-bond acceptors (Lipinski definition) is 3. The Hall–Kier alpha value is -1.34. The number of aromatic amines is 1. The van der Waals surface area contributed by atoms with Crippen LogP contribution >= 0.6 is 15.9 Å². The Labute approximate surface area is 113 Å². The molecule has 0 bridgehead atoms. The van der Waals surface area contributed by atoms with E-state index in [4.69, 9.17) is 4.74 Å². The van der Waals surface area contributed by atoms with Gasteiger partial charge in [-0.1, -0.05) is 0 Å². The number of aromatic nitrogens is 1. The molecule has 0 saturated carbocycles. The van der Waals surface area contributed by atoms with Crippen LogP contribution in [0.3, 0.4) is 0 Å². The summed E-state index contributed by atoms with van der Waals surface area (Å²) in [5, 5.41) is 0. The summed E-state index contributed by atoms with van der Waals surface area (Å²) in [4.78, 5) is 25.9. The fraction of sp³-hybridized carbons (Fsp3) is 0.455. The number of carbonyl (C=O) groups is 2. The van der Waals surface area contributed by atoms with Crippen molar-refractivity contribution in [1.82, 2.24) is 15.8 Å². The van der Waals surface area contributed by atoms with Crippen molar-refractivity contribution < 1.29 is 14.3 Å². The zero-order valence-corrected chi connectivity index (χ0v) is 11.2. The largest absolute Gasteiger partial charge is 0.378 e. The van der Waals surface area contributed by atoms with E-state index in [1.165, 1.54) is 0 Å². The summed E-state index contributed by atoms with van der Waals surface area (Å²) >= 11 is 3.22. The van der Waals surface area contributed by atoms with Crippen molar-refractivity contribution in [3.63, 3.8) is 0 Å². The summed E-state index contributed by atoms with van der Waals surface area (Å²) in [5.74, 6) is -0.637. The smallest absolute Gasteiger partial charge is 0.286 e. The van der Waals surface area contributed by atoms with E-state index in [0.29, 0.717) is 12.3 Å². The molecular formula is C11H14BrN3O3. The molecule has 1 fully saturated rings.